The summed E-state index contributed by atoms with van der Waals surface area (Å²) in [5.74, 6) is 7.02. The molecule has 1 heterocycles. The van der Waals surface area contributed by atoms with Crippen molar-refractivity contribution in [3.63, 3.8) is 0 Å². The number of likely N-dealkylation sites (tertiary alicyclic amines) is 1. The minimum atomic E-state index is 0.0556. The molecule has 0 N–H and O–H groups in total. The van der Waals surface area contributed by atoms with E-state index in [4.69, 9.17) is 0 Å². The van der Waals surface area contributed by atoms with E-state index in [0.29, 0.717) is 0 Å². The van der Waals surface area contributed by atoms with Gasteiger partial charge in [0, 0.05) is 5.56 Å². The van der Waals surface area contributed by atoms with E-state index in [9.17, 15) is 0 Å². The fraction of sp³-hybridized carbons (Fsp3) is 0.600. The van der Waals surface area contributed by atoms with Crippen LogP contribution in [-0.2, 0) is 0 Å². The van der Waals surface area contributed by atoms with Crippen molar-refractivity contribution in [1.29, 1.82) is 0 Å². The van der Waals surface area contributed by atoms with Gasteiger partial charge in [-0.15, -0.1) is 0 Å². The van der Waals surface area contributed by atoms with E-state index in [1.54, 1.807) is 0 Å². The first kappa shape index (κ1) is 16.1. The van der Waals surface area contributed by atoms with E-state index in [2.05, 4.69) is 60.9 Å². The third kappa shape index (κ3) is 4.90. The van der Waals surface area contributed by atoms with Gasteiger partial charge < -0.3 is 0 Å². The molecule has 114 valence electrons. The monoisotopic (exact) mass is 283 g/mol. The summed E-state index contributed by atoms with van der Waals surface area (Å²) in [7, 11) is 0. The Morgan fingerprint density at radius 2 is 1.76 bits per heavy atom. The highest BCUT2D eigenvalue weighted by Gasteiger charge is 2.31. The highest BCUT2D eigenvalue weighted by atomic mass is 15.2. The molecular formula is C20H29N. The van der Waals surface area contributed by atoms with E-state index in [-0.39, 0.29) is 5.54 Å². The van der Waals surface area contributed by atoms with Gasteiger partial charge in [-0.05, 0) is 51.4 Å². The lowest BCUT2D eigenvalue weighted by Gasteiger charge is -2.34. The van der Waals surface area contributed by atoms with Gasteiger partial charge in [0.25, 0.3) is 0 Å². The molecular weight excluding hydrogens is 254 g/mol. The molecule has 1 heteroatoms. The van der Waals surface area contributed by atoms with Gasteiger partial charge in [0.2, 0.25) is 0 Å². The summed E-state index contributed by atoms with van der Waals surface area (Å²) < 4.78 is 0. The maximum atomic E-state index is 3.61. The van der Waals surface area contributed by atoms with Crippen molar-refractivity contribution in [2.45, 2.75) is 64.3 Å². The van der Waals surface area contributed by atoms with Crippen LogP contribution in [0.5, 0.6) is 0 Å². The smallest absolute Gasteiger partial charge is 0.0801 e. The lowest BCUT2D eigenvalue weighted by atomic mass is 9.92. The van der Waals surface area contributed by atoms with Crippen LogP contribution in [0, 0.1) is 11.8 Å². The summed E-state index contributed by atoms with van der Waals surface area (Å²) in [5.41, 5.74) is 1.19. The van der Waals surface area contributed by atoms with Crippen LogP contribution in [-0.4, -0.2) is 23.5 Å². The van der Waals surface area contributed by atoms with Gasteiger partial charge in [-0.2, -0.15) is 0 Å². The minimum absolute atomic E-state index is 0.0556. The summed E-state index contributed by atoms with van der Waals surface area (Å²) in [5, 5.41) is 0. The first-order valence-corrected chi connectivity index (χ1v) is 8.58. The molecule has 0 aromatic heterocycles. The molecule has 0 aliphatic carbocycles. The lowest BCUT2D eigenvalue weighted by Crippen LogP contribution is -2.43. The van der Waals surface area contributed by atoms with E-state index in [1.165, 1.54) is 58.0 Å². The fourth-order valence-electron chi connectivity index (χ4n) is 3.13. The van der Waals surface area contributed by atoms with E-state index in [1.807, 2.05) is 0 Å². The van der Waals surface area contributed by atoms with Gasteiger partial charge >= 0.3 is 0 Å². The molecule has 0 amide bonds. The summed E-state index contributed by atoms with van der Waals surface area (Å²) >= 11 is 0. The molecule has 1 aromatic carbocycles. The second-order valence-electron chi connectivity index (χ2n) is 6.39. The fourth-order valence-corrected chi connectivity index (χ4v) is 3.13. The van der Waals surface area contributed by atoms with Crippen LogP contribution in [0.25, 0.3) is 0 Å². The maximum Gasteiger partial charge on any atom is 0.0801 e. The maximum absolute atomic E-state index is 3.61. The Hall–Kier alpha value is -1.26. The highest BCUT2D eigenvalue weighted by molar-refractivity contribution is 5.36. The second-order valence-corrected chi connectivity index (χ2v) is 6.39. The first-order valence-electron chi connectivity index (χ1n) is 8.58. The Kier molecular flexibility index (Phi) is 6.33. The predicted octanol–water partition coefficient (Wildman–Crippen LogP) is 4.86. The second kappa shape index (κ2) is 8.25. The van der Waals surface area contributed by atoms with Crippen LogP contribution in [0.2, 0.25) is 0 Å². The summed E-state index contributed by atoms with van der Waals surface area (Å²) in [6.45, 7) is 7.05. The molecule has 0 spiro atoms. The zero-order chi connectivity index (χ0) is 15.0. The topological polar surface area (TPSA) is 3.24 Å². The predicted molar refractivity (Wildman–Crippen MR) is 91.3 cm³/mol. The molecule has 0 saturated carbocycles. The number of unbranched alkanes of at least 4 members (excludes halogenated alkanes) is 3. The normalized spacial score (nSPS) is 18.0. The third-order valence-electron chi connectivity index (χ3n) is 4.57. The SMILES string of the molecule is CCCCCCC(C)(C#Cc1ccccc1)N1CCCC1. The molecule has 21 heavy (non-hydrogen) atoms. The molecule has 2 rings (SSSR count). The number of benzene rings is 1. The van der Waals surface area contributed by atoms with Gasteiger partial charge in [0.05, 0.1) is 5.54 Å². The van der Waals surface area contributed by atoms with Crippen LogP contribution >= 0.6 is 0 Å². The summed E-state index contributed by atoms with van der Waals surface area (Å²) in [4.78, 5) is 2.61. The van der Waals surface area contributed by atoms with Crippen molar-refractivity contribution >= 4 is 0 Å². The van der Waals surface area contributed by atoms with Crippen LogP contribution in [0.15, 0.2) is 30.3 Å². The lowest BCUT2D eigenvalue weighted by molar-refractivity contribution is 0.179. The number of nitrogens with zero attached hydrogens (tertiary/aromatic N) is 1. The highest BCUT2D eigenvalue weighted by Crippen LogP contribution is 2.26. The molecule has 1 nitrogen and oxygen atoms in total. The Morgan fingerprint density at radius 1 is 1.05 bits per heavy atom. The molecule has 1 fully saturated rings. The van der Waals surface area contributed by atoms with Gasteiger partial charge in [-0.1, -0.05) is 62.6 Å². The van der Waals surface area contributed by atoms with Crippen molar-refractivity contribution in [3.8, 4) is 11.8 Å². The number of hydrogen-bond donors (Lipinski definition) is 0. The van der Waals surface area contributed by atoms with Crippen molar-refractivity contribution in [2.75, 3.05) is 13.1 Å². The van der Waals surface area contributed by atoms with E-state index in [0.717, 1.165) is 5.56 Å². The molecule has 1 atom stereocenters. The van der Waals surface area contributed by atoms with Crippen molar-refractivity contribution in [1.82, 2.24) is 4.90 Å². The van der Waals surface area contributed by atoms with Crippen LogP contribution < -0.4 is 0 Å². The largest absolute Gasteiger partial charge is 0.288 e. The average Bonchev–Trinajstić information content (AvgIpc) is 3.06. The Labute approximate surface area is 130 Å². The molecule has 1 aliphatic rings. The molecule has 1 aromatic rings. The van der Waals surface area contributed by atoms with Gasteiger partial charge in [-0.25, -0.2) is 0 Å². The van der Waals surface area contributed by atoms with E-state index < -0.39 is 0 Å². The number of rotatable bonds is 6. The van der Waals surface area contributed by atoms with Gasteiger partial charge in [0.1, 0.15) is 0 Å². The Morgan fingerprint density at radius 3 is 2.43 bits per heavy atom. The molecule has 0 radical (unpaired) electrons. The van der Waals surface area contributed by atoms with E-state index >= 15 is 0 Å². The summed E-state index contributed by atoms with van der Waals surface area (Å²) in [6, 6.07) is 10.4. The molecule has 0 bridgehead atoms. The van der Waals surface area contributed by atoms with Crippen molar-refractivity contribution in [3.05, 3.63) is 35.9 Å². The molecule has 1 aliphatic heterocycles. The van der Waals surface area contributed by atoms with Crippen molar-refractivity contribution < 1.29 is 0 Å². The van der Waals surface area contributed by atoms with Gasteiger partial charge in [0.15, 0.2) is 0 Å². The van der Waals surface area contributed by atoms with Crippen LogP contribution in [0.1, 0.15) is 64.4 Å². The third-order valence-corrected chi connectivity index (χ3v) is 4.57. The molecule has 1 unspecified atom stereocenters. The zero-order valence-corrected chi connectivity index (χ0v) is 13.7. The van der Waals surface area contributed by atoms with Crippen LogP contribution in [0.3, 0.4) is 0 Å². The average molecular weight is 283 g/mol. The number of hydrogen-bond acceptors (Lipinski definition) is 1. The first-order chi connectivity index (χ1) is 10.2. The summed E-state index contributed by atoms with van der Waals surface area (Å²) in [6.07, 6.45) is 9.15. The standard InChI is InChI=1S/C20H29N/c1-3-4-5-9-15-20(2,21-17-10-11-18-21)16-14-19-12-7-6-8-13-19/h6-8,12-13H,3-5,9-11,15,17-18H2,1-2H3. The Balaban J connectivity index is 2.06. The Bertz CT molecular complexity index is 462. The van der Waals surface area contributed by atoms with Crippen molar-refractivity contribution in [2.24, 2.45) is 0 Å². The quantitative estimate of drug-likeness (QED) is 0.532. The zero-order valence-electron chi connectivity index (χ0n) is 13.7. The molecule has 1 saturated heterocycles. The van der Waals surface area contributed by atoms with Crippen LogP contribution in [0.4, 0.5) is 0 Å². The van der Waals surface area contributed by atoms with Gasteiger partial charge in [-0.3, -0.25) is 4.90 Å². The minimum Gasteiger partial charge on any atom is -0.288 e.